The first-order valence-electron chi connectivity index (χ1n) is 9.02. The van der Waals surface area contributed by atoms with Crippen molar-refractivity contribution in [1.82, 2.24) is 4.57 Å². The molecule has 0 bridgehead atoms. The van der Waals surface area contributed by atoms with Crippen LogP contribution in [0.25, 0.3) is 10.8 Å². The molecule has 20 heteroatoms. The van der Waals surface area contributed by atoms with Crippen LogP contribution in [0.4, 0.5) is 0 Å². The third-order valence-corrected chi connectivity index (χ3v) is 7.62. The second-order valence-electron chi connectivity index (χ2n) is 6.78. The average Bonchev–Trinajstić information content (AvgIpc) is 2.99. The number of hydrogen-bond acceptors (Lipinski definition) is 11. The highest BCUT2D eigenvalue weighted by Crippen LogP contribution is 2.64. The smallest absolute Gasteiger partial charge is 0.394 e. The van der Waals surface area contributed by atoms with Crippen molar-refractivity contribution in [1.29, 1.82) is 5.26 Å². The Morgan fingerprint density at radius 3 is 2.03 bits per heavy atom. The van der Waals surface area contributed by atoms with Crippen molar-refractivity contribution in [2.45, 2.75) is 24.5 Å². The fraction of sp³-hybridized carbons (Fsp3) is 0.333. The zero-order valence-electron chi connectivity index (χ0n) is 17.1. The standard InChI is InChI=1S/C15H14N2O5.H5O10P3/c16-6-8-1-2-10-9(5-8)3-4-17(14(10)21)15-13(20)12(19)11(7-18)22-15;1-11(2,3)9-13(7,8)10-12(4,5)6/h1-5,11-13,15,18-20H,7H2;(H,7,8)(H2,1,2,3)(H2,4,5,6)/t11-,12-,13-,15-;/m1./s1. The second kappa shape index (κ2) is 11.1. The lowest BCUT2D eigenvalue weighted by atomic mass is 10.1. The number of fused-ring (bicyclic) bond motifs is 1. The quantitative estimate of drug-likeness (QED) is 0.192. The molecule has 0 unspecified atom stereocenters. The summed E-state index contributed by atoms with van der Waals surface area (Å²) in [6.07, 6.45) is -3.15. The predicted octanol–water partition coefficient (Wildman–Crippen LogP) is -1.21. The molecule has 0 spiro atoms. The molecule has 4 atom stereocenters. The first-order chi connectivity index (χ1) is 16.0. The van der Waals surface area contributed by atoms with Gasteiger partial charge in [0.15, 0.2) is 6.23 Å². The lowest BCUT2D eigenvalue weighted by Crippen LogP contribution is -2.35. The topological polar surface area (TPSA) is 287 Å². The molecule has 1 aliphatic heterocycles. The molecular formula is C15H19N2O15P3. The molecule has 194 valence electrons. The Morgan fingerprint density at radius 1 is 1.00 bits per heavy atom. The highest BCUT2D eigenvalue weighted by atomic mass is 31.3. The van der Waals surface area contributed by atoms with E-state index in [0.29, 0.717) is 16.3 Å². The molecule has 0 radical (unpaired) electrons. The fourth-order valence-electron chi connectivity index (χ4n) is 2.93. The number of aromatic nitrogens is 1. The van der Waals surface area contributed by atoms with Gasteiger partial charge in [-0.15, -0.1) is 0 Å². The summed E-state index contributed by atoms with van der Waals surface area (Å²) in [5, 5.41) is 38.7. The Balaban J connectivity index is 0.000000287. The monoisotopic (exact) mass is 560 g/mol. The maximum Gasteiger partial charge on any atom is 0.490 e. The average molecular weight is 560 g/mol. The van der Waals surface area contributed by atoms with Crippen LogP contribution in [0.2, 0.25) is 0 Å². The number of nitrogens with zero attached hydrogens (tertiary/aromatic N) is 2. The number of phosphoric acid groups is 3. The lowest BCUT2D eigenvalue weighted by Gasteiger charge is -2.18. The maximum absolute atomic E-state index is 12.5. The lowest BCUT2D eigenvalue weighted by molar-refractivity contribution is -0.0541. The van der Waals surface area contributed by atoms with E-state index in [1.165, 1.54) is 22.9 Å². The summed E-state index contributed by atoms with van der Waals surface area (Å²) >= 11 is 0. The van der Waals surface area contributed by atoms with Gasteiger partial charge in [0.05, 0.1) is 18.2 Å². The first-order valence-corrected chi connectivity index (χ1v) is 13.6. The Morgan fingerprint density at radius 2 is 1.57 bits per heavy atom. The molecule has 1 saturated heterocycles. The van der Waals surface area contributed by atoms with E-state index < -0.39 is 60.2 Å². The Kier molecular flexibility index (Phi) is 9.29. The Bertz CT molecular complexity index is 1280. The molecule has 0 amide bonds. The van der Waals surface area contributed by atoms with E-state index in [0.717, 1.165) is 0 Å². The highest BCUT2D eigenvalue weighted by molar-refractivity contribution is 7.66. The van der Waals surface area contributed by atoms with E-state index in [1.54, 1.807) is 12.1 Å². The SMILES string of the molecule is N#Cc1ccc2c(=O)n([C@@H]3O[C@H](CO)[C@@H](O)[C@H]3O)ccc2c1.O=P(O)(O)OP(=O)(O)OP(=O)(O)O. The van der Waals surface area contributed by atoms with Gasteiger partial charge in [-0.05, 0) is 29.7 Å². The summed E-state index contributed by atoms with van der Waals surface area (Å²) in [7, 11) is -16.2. The molecular weight excluding hydrogens is 541 g/mol. The van der Waals surface area contributed by atoms with Crippen molar-refractivity contribution in [2.24, 2.45) is 0 Å². The normalized spacial score (nSPS) is 22.9. The summed E-state index contributed by atoms with van der Waals surface area (Å²) in [6, 6.07) is 8.30. The van der Waals surface area contributed by atoms with E-state index in [1.807, 2.05) is 6.07 Å². The molecule has 1 aromatic carbocycles. The largest absolute Gasteiger partial charge is 0.490 e. The number of aliphatic hydroxyl groups excluding tert-OH is 3. The highest BCUT2D eigenvalue weighted by Gasteiger charge is 2.43. The summed E-state index contributed by atoms with van der Waals surface area (Å²) in [5.74, 6) is 0. The van der Waals surface area contributed by atoms with Gasteiger partial charge in [0.2, 0.25) is 0 Å². The molecule has 0 aliphatic carbocycles. The van der Waals surface area contributed by atoms with Crippen LogP contribution in [0.3, 0.4) is 0 Å². The number of nitriles is 1. The van der Waals surface area contributed by atoms with Crippen LogP contribution in [0.1, 0.15) is 11.8 Å². The number of ether oxygens (including phenoxy) is 1. The minimum Gasteiger partial charge on any atom is -0.394 e. The zero-order chi connectivity index (χ0) is 26.8. The van der Waals surface area contributed by atoms with Crippen LogP contribution < -0.4 is 5.56 Å². The zero-order valence-corrected chi connectivity index (χ0v) is 19.8. The molecule has 1 aromatic heterocycles. The van der Waals surface area contributed by atoms with Crippen LogP contribution in [-0.4, -0.2) is 69.3 Å². The molecule has 1 fully saturated rings. The molecule has 35 heavy (non-hydrogen) atoms. The van der Waals surface area contributed by atoms with Crippen molar-refractivity contribution >= 4 is 34.2 Å². The first kappa shape index (κ1) is 29.4. The summed E-state index contributed by atoms with van der Waals surface area (Å²) in [4.78, 5) is 52.7. The molecule has 3 rings (SSSR count). The van der Waals surface area contributed by atoms with Crippen LogP contribution in [0, 0.1) is 11.3 Å². The third kappa shape index (κ3) is 8.09. The number of hydrogen-bond donors (Lipinski definition) is 8. The van der Waals surface area contributed by atoms with Crippen LogP contribution in [0.15, 0.2) is 35.3 Å². The van der Waals surface area contributed by atoms with Crippen LogP contribution in [0.5, 0.6) is 0 Å². The molecule has 2 heterocycles. The van der Waals surface area contributed by atoms with Crippen molar-refractivity contribution in [3.63, 3.8) is 0 Å². The Hall–Kier alpha value is -1.83. The van der Waals surface area contributed by atoms with Crippen molar-refractivity contribution < 1.29 is 66.8 Å². The maximum atomic E-state index is 12.5. The number of aliphatic hydroxyl groups is 3. The van der Waals surface area contributed by atoms with E-state index >= 15 is 0 Å². The van der Waals surface area contributed by atoms with Gasteiger partial charge in [-0.1, -0.05) is 0 Å². The van der Waals surface area contributed by atoms with Gasteiger partial charge in [-0.25, -0.2) is 13.7 Å². The van der Waals surface area contributed by atoms with E-state index in [2.05, 4.69) is 8.62 Å². The van der Waals surface area contributed by atoms with Gasteiger partial charge in [-0.2, -0.15) is 13.9 Å². The van der Waals surface area contributed by atoms with Gasteiger partial charge < -0.3 is 44.5 Å². The van der Waals surface area contributed by atoms with Crippen molar-refractivity contribution in [3.8, 4) is 6.07 Å². The minimum atomic E-state index is -5.46. The molecule has 8 N–H and O–H groups in total. The van der Waals surface area contributed by atoms with E-state index in [-0.39, 0.29) is 0 Å². The Labute approximate surface area is 195 Å². The fourth-order valence-corrected chi connectivity index (χ4v) is 5.46. The van der Waals surface area contributed by atoms with E-state index in [9.17, 15) is 28.7 Å². The molecule has 2 aromatic rings. The summed E-state index contributed by atoms with van der Waals surface area (Å²) < 4.78 is 42.9. The predicted molar refractivity (Wildman–Crippen MR) is 112 cm³/mol. The summed E-state index contributed by atoms with van der Waals surface area (Å²) in [5.41, 5.74) is 0.0365. The minimum absolute atomic E-state index is 0.374. The molecule has 0 saturated carbocycles. The van der Waals surface area contributed by atoms with Crippen molar-refractivity contribution in [3.05, 3.63) is 46.4 Å². The van der Waals surface area contributed by atoms with E-state index in [4.69, 9.17) is 39.6 Å². The molecule has 1 aliphatic rings. The number of benzene rings is 1. The van der Waals surface area contributed by atoms with Gasteiger partial charge in [0.25, 0.3) is 5.56 Å². The number of pyridine rings is 1. The van der Waals surface area contributed by atoms with Crippen LogP contribution in [-0.2, 0) is 27.1 Å². The van der Waals surface area contributed by atoms with Gasteiger partial charge in [0.1, 0.15) is 18.3 Å². The summed E-state index contributed by atoms with van der Waals surface area (Å²) in [6.45, 7) is -0.456. The van der Waals surface area contributed by atoms with Gasteiger partial charge >= 0.3 is 23.5 Å². The second-order valence-corrected chi connectivity index (χ2v) is 11.0. The van der Waals surface area contributed by atoms with Gasteiger partial charge in [-0.3, -0.25) is 9.36 Å². The van der Waals surface area contributed by atoms with Gasteiger partial charge in [0, 0.05) is 11.6 Å². The van der Waals surface area contributed by atoms with Crippen molar-refractivity contribution in [2.75, 3.05) is 6.61 Å². The third-order valence-electron chi connectivity index (χ3n) is 4.27. The number of rotatable bonds is 6. The van der Waals surface area contributed by atoms with Crippen LogP contribution >= 0.6 is 23.5 Å². The molecule has 17 nitrogen and oxygen atoms in total.